The molecule has 0 bridgehead atoms. The van der Waals surface area contributed by atoms with Crippen LogP contribution in [0, 0.1) is 0 Å². The third-order valence-corrected chi connectivity index (χ3v) is 6.20. The summed E-state index contributed by atoms with van der Waals surface area (Å²) in [5.41, 5.74) is 6.45. The zero-order chi connectivity index (χ0) is 23.9. The summed E-state index contributed by atoms with van der Waals surface area (Å²) in [4.78, 5) is 23.9. The van der Waals surface area contributed by atoms with Crippen molar-refractivity contribution in [1.29, 1.82) is 0 Å². The van der Waals surface area contributed by atoms with Gasteiger partial charge in [0.25, 0.3) is 0 Å². The lowest BCUT2D eigenvalue weighted by Crippen LogP contribution is -2.19. The third kappa shape index (κ3) is 6.26. The molecule has 0 spiro atoms. The van der Waals surface area contributed by atoms with Crippen molar-refractivity contribution in [3.05, 3.63) is 44.3 Å². The summed E-state index contributed by atoms with van der Waals surface area (Å²) in [6, 6.07) is 7.12. The van der Waals surface area contributed by atoms with Crippen LogP contribution in [0.25, 0.3) is 0 Å². The van der Waals surface area contributed by atoms with Crippen LogP contribution >= 0.6 is 31.9 Å². The molecule has 0 aromatic heterocycles. The Hall–Kier alpha value is -3.12. The number of hydrazone groups is 2. The van der Waals surface area contributed by atoms with Crippen molar-refractivity contribution in [2.75, 3.05) is 13.6 Å². The monoisotopic (exact) mass is 594 g/mol. The average molecular weight is 596 g/mol. The molecule has 178 valence electrons. The number of rotatable bonds is 9. The van der Waals surface area contributed by atoms with E-state index in [0.29, 0.717) is 35.8 Å². The molecule has 0 aliphatic carbocycles. The molecule has 4 rings (SSSR count). The van der Waals surface area contributed by atoms with Gasteiger partial charge in [-0.1, -0.05) is 0 Å². The molecule has 10 nitrogen and oxygen atoms in total. The van der Waals surface area contributed by atoms with Crippen LogP contribution < -0.4 is 29.8 Å². The highest BCUT2D eigenvalue weighted by molar-refractivity contribution is 9.10. The number of carbonyl (C=O) groups excluding carboxylic acids is 2. The quantitative estimate of drug-likeness (QED) is 0.258. The Kier molecular flexibility index (Phi) is 8.01. The molecule has 0 unspecified atom stereocenters. The molecule has 12 heteroatoms. The lowest BCUT2D eigenvalue weighted by Gasteiger charge is -2.03. The van der Waals surface area contributed by atoms with E-state index in [9.17, 15) is 9.59 Å². The molecule has 0 saturated carbocycles. The highest BCUT2D eigenvalue weighted by Gasteiger charge is 2.16. The number of hydrogen-bond donors (Lipinski definition) is 2. The number of fused-ring (bicyclic) bond motifs is 2. The van der Waals surface area contributed by atoms with Crippen LogP contribution in [0.1, 0.15) is 36.8 Å². The Morgan fingerprint density at radius 2 is 1.12 bits per heavy atom. The van der Waals surface area contributed by atoms with E-state index in [-0.39, 0.29) is 38.2 Å². The Bertz CT molecular complexity index is 1070. The number of nitrogens with one attached hydrogen (secondary N) is 2. The van der Waals surface area contributed by atoms with Gasteiger partial charge in [-0.2, -0.15) is 10.2 Å². The van der Waals surface area contributed by atoms with Crippen molar-refractivity contribution >= 4 is 56.1 Å². The lowest BCUT2D eigenvalue weighted by atomic mass is 10.2. The first-order valence-corrected chi connectivity index (χ1v) is 11.9. The maximum Gasteiger partial charge on any atom is 0.240 e. The molecule has 2 aliphatic rings. The Labute approximate surface area is 211 Å². The number of hydrogen-bond acceptors (Lipinski definition) is 8. The topological polar surface area (TPSA) is 120 Å². The van der Waals surface area contributed by atoms with Crippen molar-refractivity contribution < 1.29 is 28.5 Å². The largest absolute Gasteiger partial charge is 0.454 e. The molecule has 0 radical (unpaired) electrons. The molecule has 2 amide bonds. The molecule has 0 saturated heterocycles. The maximum absolute atomic E-state index is 12.0. The molecular formula is C22H20Br2N4O6. The van der Waals surface area contributed by atoms with Crippen LogP contribution in [-0.2, 0) is 9.59 Å². The van der Waals surface area contributed by atoms with Crippen molar-refractivity contribution in [3.8, 4) is 23.0 Å². The minimum Gasteiger partial charge on any atom is -0.454 e. The van der Waals surface area contributed by atoms with Crippen molar-refractivity contribution in [2.24, 2.45) is 10.2 Å². The SMILES string of the molecule is O=C(CCCCC(=O)N/N=C\c1cc2c(cc1Br)OCO2)N/N=C\c1cc2c(cc1Br)OCO2. The first kappa shape index (κ1) is 24.0. The number of unbranched alkanes of at least 4 members (excludes halogenated alkanes) is 1. The van der Waals surface area contributed by atoms with Gasteiger partial charge in [0.05, 0.1) is 12.4 Å². The molecule has 2 aliphatic heterocycles. The van der Waals surface area contributed by atoms with Gasteiger partial charge < -0.3 is 18.9 Å². The number of benzene rings is 2. The molecule has 0 atom stereocenters. The van der Waals surface area contributed by atoms with E-state index in [0.717, 1.165) is 20.1 Å². The van der Waals surface area contributed by atoms with Crippen molar-refractivity contribution in [1.82, 2.24) is 10.9 Å². The van der Waals surface area contributed by atoms with E-state index in [4.69, 9.17) is 18.9 Å². The van der Waals surface area contributed by atoms with Gasteiger partial charge >= 0.3 is 0 Å². The Morgan fingerprint density at radius 1 is 0.735 bits per heavy atom. The molecule has 2 heterocycles. The fourth-order valence-electron chi connectivity index (χ4n) is 3.09. The van der Waals surface area contributed by atoms with Crippen LogP contribution in [0.5, 0.6) is 23.0 Å². The van der Waals surface area contributed by atoms with Crippen molar-refractivity contribution in [2.45, 2.75) is 25.7 Å². The van der Waals surface area contributed by atoms with Crippen LogP contribution in [0.15, 0.2) is 43.4 Å². The summed E-state index contributed by atoms with van der Waals surface area (Å²) in [7, 11) is 0. The van der Waals surface area contributed by atoms with E-state index in [2.05, 4.69) is 52.9 Å². The lowest BCUT2D eigenvalue weighted by molar-refractivity contribution is -0.123. The van der Waals surface area contributed by atoms with Crippen LogP contribution in [-0.4, -0.2) is 37.8 Å². The summed E-state index contributed by atoms with van der Waals surface area (Å²) in [6.07, 6.45) is 4.63. The minimum absolute atomic E-state index is 0.182. The van der Waals surface area contributed by atoms with Gasteiger partial charge in [-0.15, -0.1) is 0 Å². The minimum atomic E-state index is -0.237. The van der Waals surface area contributed by atoms with E-state index in [1.165, 1.54) is 12.4 Å². The molecule has 2 N–H and O–H groups in total. The second-order valence-electron chi connectivity index (χ2n) is 7.25. The number of carbonyl (C=O) groups is 2. The first-order valence-electron chi connectivity index (χ1n) is 10.3. The fraction of sp³-hybridized carbons (Fsp3) is 0.273. The second-order valence-corrected chi connectivity index (χ2v) is 8.96. The summed E-state index contributed by atoms with van der Waals surface area (Å²) in [5.74, 6) is 2.09. The number of halogens is 2. The van der Waals surface area contributed by atoms with Gasteiger partial charge in [-0.3, -0.25) is 9.59 Å². The predicted octanol–water partition coefficient (Wildman–Crippen LogP) is 3.83. The second kappa shape index (κ2) is 11.3. The van der Waals surface area contributed by atoms with E-state index < -0.39 is 0 Å². The first-order chi connectivity index (χ1) is 16.5. The smallest absolute Gasteiger partial charge is 0.240 e. The highest BCUT2D eigenvalue weighted by Crippen LogP contribution is 2.37. The van der Waals surface area contributed by atoms with E-state index >= 15 is 0 Å². The van der Waals surface area contributed by atoms with Crippen LogP contribution in [0.2, 0.25) is 0 Å². The molecule has 0 fully saturated rings. The fourth-order valence-corrected chi connectivity index (χ4v) is 3.94. The van der Waals surface area contributed by atoms with E-state index in [1.807, 2.05) is 0 Å². The van der Waals surface area contributed by atoms with Crippen molar-refractivity contribution in [3.63, 3.8) is 0 Å². The number of nitrogens with zero attached hydrogens (tertiary/aromatic N) is 2. The maximum atomic E-state index is 12.0. The highest BCUT2D eigenvalue weighted by atomic mass is 79.9. The van der Waals surface area contributed by atoms with Gasteiger partial charge in [0.15, 0.2) is 23.0 Å². The van der Waals surface area contributed by atoms with Gasteiger partial charge in [-0.25, -0.2) is 10.9 Å². The average Bonchev–Trinajstić information content (AvgIpc) is 3.45. The number of amides is 2. The Morgan fingerprint density at radius 3 is 1.53 bits per heavy atom. The Balaban J connectivity index is 1.13. The predicted molar refractivity (Wildman–Crippen MR) is 130 cm³/mol. The molecule has 2 aromatic carbocycles. The summed E-state index contributed by atoms with van der Waals surface area (Å²) < 4.78 is 22.8. The zero-order valence-electron chi connectivity index (χ0n) is 17.8. The normalized spacial score (nSPS) is 13.6. The van der Waals surface area contributed by atoms with Crippen LogP contribution in [0.3, 0.4) is 0 Å². The summed E-state index contributed by atoms with van der Waals surface area (Å²) in [6.45, 7) is 0.363. The van der Waals surface area contributed by atoms with Gasteiger partial charge in [-0.05, 0) is 69.0 Å². The number of ether oxygens (including phenoxy) is 4. The van der Waals surface area contributed by atoms with Gasteiger partial charge in [0.2, 0.25) is 25.4 Å². The van der Waals surface area contributed by atoms with Crippen LogP contribution in [0.4, 0.5) is 0 Å². The summed E-state index contributed by atoms with van der Waals surface area (Å²) in [5, 5.41) is 7.94. The van der Waals surface area contributed by atoms with Gasteiger partial charge in [0.1, 0.15) is 0 Å². The third-order valence-electron chi connectivity index (χ3n) is 4.83. The standard InChI is InChI=1S/C22H20Br2N4O6/c23-15-7-19-17(31-11-33-19)5-13(15)9-25-27-21(29)3-1-2-4-22(30)28-26-10-14-6-18-20(8-16(14)24)34-12-32-18/h5-10H,1-4,11-12H2,(H,27,29)(H,28,30)/b25-9-,26-10-. The molecule has 34 heavy (non-hydrogen) atoms. The molecule has 2 aromatic rings. The summed E-state index contributed by atoms with van der Waals surface area (Å²) >= 11 is 6.86. The molecular weight excluding hydrogens is 576 g/mol. The zero-order valence-corrected chi connectivity index (χ0v) is 21.0. The van der Waals surface area contributed by atoms with E-state index in [1.54, 1.807) is 24.3 Å². The van der Waals surface area contributed by atoms with Gasteiger partial charge in [0, 0.05) is 32.9 Å².